The fraction of sp³-hybridized carbons (Fsp3) is 0.500. The third-order valence-corrected chi connectivity index (χ3v) is 6.01. The number of hydrogen-bond donors (Lipinski definition) is 2. The van der Waals surface area contributed by atoms with Crippen LogP contribution in [0.1, 0.15) is 41.0 Å². The summed E-state index contributed by atoms with van der Waals surface area (Å²) in [5.41, 5.74) is 0.577. The van der Waals surface area contributed by atoms with E-state index in [9.17, 15) is 14.4 Å². The van der Waals surface area contributed by atoms with Gasteiger partial charge in [-0.25, -0.2) is 4.79 Å². The Morgan fingerprint density at radius 2 is 1.78 bits per heavy atom. The molecule has 3 aromatic rings. The van der Waals surface area contributed by atoms with E-state index in [4.69, 9.17) is 0 Å². The molecule has 0 aliphatic heterocycles. The van der Waals surface area contributed by atoms with Gasteiger partial charge in [0.2, 0.25) is 11.7 Å². The first kappa shape index (κ1) is 23.8. The lowest BCUT2D eigenvalue weighted by molar-refractivity contribution is -0.119. The molecular formula is C22H30N6O3S. The second kappa shape index (κ2) is 10.2. The van der Waals surface area contributed by atoms with Gasteiger partial charge in [-0.1, -0.05) is 51.6 Å². The molecule has 3 amide bonds. The Morgan fingerprint density at radius 3 is 2.47 bits per heavy atom. The van der Waals surface area contributed by atoms with Crippen molar-refractivity contribution in [2.45, 2.75) is 58.0 Å². The first-order valence-corrected chi connectivity index (χ1v) is 11.7. The summed E-state index contributed by atoms with van der Waals surface area (Å²) in [5, 5.41) is 14.0. The number of hydrogen-bond acceptors (Lipinski definition) is 6. The number of imide groups is 1. The van der Waals surface area contributed by atoms with Crippen LogP contribution < -0.4 is 16.2 Å². The molecule has 0 spiro atoms. The summed E-state index contributed by atoms with van der Waals surface area (Å²) < 4.78 is 3.45. The molecule has 1 aromatic carbocycles. The summed E-state index contributed by atoms with van der Waals surface area (Å²) in [7, 11) is 0. The summed E-state index contributed by atoms with van der Waals surface area (Å²) in [4.78, 5) is 37.5. The third-order valence-electron chi connectivity index (χ3n) is 4.97. The van der Waals surface area contributed by atoms with Crippen molar-refractivity contribution in [2.75, 3.05) is 6.54 Å². The molecule has 1 unspecified atom stereocenters. The zero-order valence-corrected chi connectivity index (χ0v) is 19.9. The van der Waals surface area contributed by atoms with Crippen LogP contribution in [0.5, 0.6) is 0 Å². The molecule has 172 valence electrons. The zero-order valence-electron chi connectivity index (χ0n) is 19.1. The monoisotopic (exact) mass is 458 g/mol. The van der Waals surface area contributed by atoms with Crippen LogP contribution in [0.15, 0.2) is 34.2 Å². The van der Waals surface area contributed by atoms with Gasteiger partial charge in [-0.3, -0.25) is 23.9 Å². The molecule has 0 saturated carbocycles. The maximum Gasteiger partial charge on any atom is 0.321 e. The molecule has 0 radical (unpaired) electrons. The van der Waals surface area contributed by atoms with E-state index in [0.717, 1.165) is 6.42 Å². The van der Waals surface area contributed by atoms with E-state index in [2.05, 4.69) is 34.7 Å². The molecule has 1 atom stereocenters. The number of carbonyl (C=O) groups excluding carboxylic acids is 2. The van der Waals surface area contributed by atoms with Crippen LogP contribution in [-0.2, 0) is 11.3 Å². The molecular weight excluding hydrogens is 428 g/mol. The Balaban J connectivity index is 1.92. The van der Waals surface area contributed by atoms with Gasteiger partial charge in [0.1, 0.15) is 0 Å². The highest BCUT2D eigenvalue weighted by atomic mass is 32.2. The third kappa shape index (κ3) is 5.29. The number of nitrogens with zero attached hydrogens (tertiary/aromatic N) is 4. The fourth-order valence-corrected chi connectivity index (χ4v) is 4.02. The van der Waals surface area contributed by atoms with Crippen LogP contribution >= 0.6 is 11.8 Å². The molecule has 9 nitrogen and oxygen atoms in total. The smallest absolute Gasteiger partial charge is 0.321 e. The molecule has 2 heterocycles. The number of para-hydroxylation sites is 1. The largest absolute Gasteiger partial charge is 0.338 e. The second-order valence-electron chi connectivity index (χ2n) is 8.63. The SMILES string of the molecule is CC(C)CCn1c(=O)c2ccccc2n2c(SC(C)C(=O)NC(=O)NCC(C)C)nnc12. The zero-order chi connectivity index (χ0) is 23.4. The molecule has 3 rings (SSSR count). The number of urea groups is 1. The summed E-state index contributed by atoms with van der Waals surface area (Å²) in [6.07, 6.45) is 0.827. The normalized spacial score (nSPS) is 12.6. The Morgan fingerprint density at radius 1 is 1.06 bits per heavy atom. The number of benzene rings is 1. The standard InChI is InChI=1S/C22H30N6O3S/c1-13(2)10-11-27-19(30)16-8-6-7-9-17(16)28-21(27)25-26-22(28)32-15(5)18(29)24-20(31)23-12-14(3)4/h6-9,13-15H,10-12H2,1-5H3,(H2,23,24,29,31). The highest BCUT2D eigenvalue weighted by molar-refractivity contribution is 8.00. The number of nitrogens with one attached hydrogen (secondary N) is 2. The van der Waals surface area contributed by atoms with Crippen LogP contribution in [0.2, 0.25) is 0 Å². The molecule has 0 bridgehead atoms. The molecule has 2 N–H and O–H groups in total. The van der Waals surface area contributed by atoms with E-state index in [1.165, 1.54) is 11.8 Å². The second-order valence-corrected chi connectivity index (χ2v) is 9.94. The highest BCUT2D eigenvalue weighted by Gasteiger charge is 2.22. The summed E-state index contributed by atoms with van der Waals surface area (Å²) in [6.45, 7) is 10.9. The van der Waals surface area contributed by atoms with Crippen molar-refractivity contribution in [3.63, 3.8) is 0 Å². The van der Waals surface area contributed by atoms with Crippen LogP contribution in [0.4, 0.5) is 4.79 Å². The predicted molar refractivity (Wildman–Crippen MR) is 126 cm³/mol. The van der Waals surface area contributed by atoms with Crippen LogP contribution in [0.3, 0.4) is 0 Å². The van der Waals surface area contributed by atoms with Gasteiger partial charge in [0, 0.05) is 13.1 Å². The average Bonchev–Trinajstić information content (AvgIpc) is 3.15. The van der Waals surface area contributed by atoms with Gasteiger partial charge in [0.05, 0.1) is 16.2 Å². The molecule has 10 heteroatoms. The van der Waals surface area contributed by atoms with Gasteiger partial charge in [0.25, 0.3) is 5.56 Å². The maximum atomic E-state index is 13.1. The average molecular weight is 459 g/mol. The number of aryl methyl sites for hydroxylation is 1. The molecule has 0 aliphatic carbocycles. The summed E-state index contributed by atoms with van der Waals surface area (Å²) >= 11 is 1.19. The maximum absolute atomic E-state index is 13.1. The Hall–Kier alpha value is -2.88. The van der Waals surface area contributed by atoms with Crippen molar-refractivity contribution in [2.24, 2.45) is 11.8 Å². The van der Waals surface area contributed by atoms with Crippen molar-refractivity contribution in [1.82, 2.24) is 29.8 Å². The van der Waals surface area contributed by atoms with E-state index >= 15 is 0 Å². The Bertz CT molecular complexity index is 1180. The first-order chi connectivity index (χ1) is 15.2. The fourth-order valence-electron chi connectivity index (χ4n) is 3.16. The minimum atomic E-state index is -0.595. The lowest BCUT2D eigenvalue weighted by Crippen LogP contribution is -2.43. The minimum Gasteiger partial charge on any atom is -0.338 e. The highest BCUT2D eigenvalue weighted by Crippen LogP contribution is 2.25. The van der Waals surface area contributed by atoms with E-state index in [0.29, 0.717) is 40.8 Å². The van der Waals surface area contributed by atoms with Crippen LogP contribution in [-0.4, -0.2) is 42.9 Å². The predicted octanol–water partition coefficient (Wildman–Crippen LogP) is 3.05. The summed E-state index contributed by atoms with van der Waals surface area (Å²) in [5.74, 6) is 0.729. The van der Waals surface area contributed by atoms with Crippen LogP contribution in [0, 0.1) is 11.8 Å². The molecule has 0 aliphatic rings. The lowest BCUT2D eigenvalue weighted by Gasteiger charge is -2.14. The quantitative estimate of drug-likeness (QED) is 0.502. The topological polar surface area (TPSA) is 110 Å². The number of aromatic nitrogens is 4. The molecule has 2 aromatic heterocycles. The van der Waals surface area contributed by atoms with Crippen molar-refractivity contribution in [1.29, 1.82) is 0 Å². The number of thioether (sulfide) groups is 1. The minimum absolute atomic E-state index is 0.106. The van der Waals surface area contributed by atoms with Gasteiger partial charge in [0.15, 0.2) is 5.16 Å². The number of amides is 3. The van der Waals surface area contributed by atoms with Crippen molar-refractivity contribution in [3.05, 3.63) is 34.6 Å². The molecule has 32 heavy (non-hydrogen) atoms. The van der Waals surface area contributed by atoms with Crippen LogP contribution in [0.25, 0.3) is 16.7 Å². The molecule has 0 fully saturated rings. The van der Waals surface area contributed by atoms with Gasteiger partial charge < -0.3 is 5.32 Å². The van der Waals surface area contributed by atoms with E-state index in [1.54, 1.807) is 17.6 Å². The Kier molecular flexibility index (Phi) is 7.55. The van der Waals surface area contributed by atoms with Gasteiger partial charge in [-0.15, -0.1) is 10.2 Å². The lowest BCUT2D eigenvalue weighted by atomic mass is 10.1. The van der Waals surface area contributed by atoms with Crippen molar-refractivity contribution >= 4 is 40.4 Å². The van der Waals surface area contributed by atoms with Gasteiger partial charge >= 0.3 is 6.03 Å². The van der Waals surface area contributed by atoms with Gasteiger partial charge in [-0.05, 0) is 37.3 Å². The summed E-state index contributed by atoms with van der Waals surface area (Å²) in [6, 6.07) is 6.78. The van der Waals surface area contributed by atoms with Gasteiger partial charge in [-0.2, -0.15) is 0 Å². The molecule has 0 saturated heterocycles. The number of fused-ring (bicyclic) bond motifs is 3. The number of carbonyl (C=O) groups is 2. The van der Waals surface area contributed by atoms with E-state index in [-0.39, 0.29) is 11.5 Å². The van der Waals surface area contributed by atoms with Crippen molar-refractivity contribution < 1.29 is 9.59 Å². The van der Waals surface area contributed by atoms with E-state index < -0.39 is 17.2 Å². The Labute approximate surface area is 191 Å². The first-order valence-electron chi connectivity index (χ1n) is 10.8. The van der Waals surface area contributed by atoms with E-state index in [1.807, 2.05) is 36.4 Å². The number of rotatable bonds is 8. The van der Waals surface area contributed by atoms with Crippen molar-refractivity contribution in [3.8, 4) is 0 Å².